The molecule has 0 radical (unpaired) electrons. The van der Waals surface area contributed by atoms with Crippen molar-refractivity contribution in [2.24, 2.45) is 11.3 Å². The van der Waals surface area contributed by atoms with Crippen molar-refractivity contribution in [2.75, 3.05) is 19.7 Å². The average Bonchev–Trinajstić information content (AvgIpc) is 2.98. The third-order valence-corrected chi connectivity index (χ3v) is 4.43. The van der Waals surface area contributed by atoms with E-state index in [4.69, 9.17) is 4.74 Å². The van der Waals surface area contributed by atoms with Crippen LogP contribution in [0.25, 0.3) is 0 Å². The molecule has 1 aromatic heterocycles. The molecule has 2 unspecified atom stereocenters. The van der Waals surface area contributed by atoms with Crippen molar-refractivity contribution in [3.05, 3.63) is 18.0 Å². The second-order valence-electron chi connectivity index (χ2n) is 6.53. The lowest BCUT2D eigenvalue weighted by atomic mass is 9.76. The van der Waals surface area contributed by atoms with Crippen LogP contribution < -0.4 is 5.32 Å². The molecule has 1 aromatic rings. The Morgan fingerprint density at radius 2 is 2.35 bits per heavy atom. The fourth-order valence-corrected chi connectivity index (χ4v) is 3.03. The summed E-state index contributed by atoms with van der Waals surface area (Å²) in [4.78, 5) is 0. The van der Waals surface area contributed by atoms with Crippen LogP contribution in [-0.4, -0.2) is 35.6 Å². The van der Waals surface area contributed by atoms with Crippen LogP contribution in [0.3, 0.4) is 0 Å². The van der Waals surface area contributed by atoms with E-state index in [0.717, 1.165) is 39.1 Å². The maximum atomic E-state index is 5.86. The molecule has 1 fully saturated rings. The lowest BCUT2D eigenvalue weighted by Gasteiger charge is -2.32. The number of nitrogens with one attached hydrogen (secondary N) is 1. The van der Waals surface area contributed by atoms with Gasteiger partial charge in [-0.1, -0.05) is 13.8 Å². The lowest BCUT2D eigenvalue weighted by molar-refractivity contribution is 0.0627. The Kier molecular flexibility index (Phi) is 5.22. The average molecular weight is 279 g/mol. The predicted octanol–water partition coefficient (Wildman–Crippen LogP) is 2.49. The summed E-state index contributed by atoms with van der Waals surface area (Å²) in [7, 11) is 0. The summed E-state index contributed by atoms with van der Waals surface area (Å²) in [5, 5.41) is 8.03. The van der Waals surface area contributed by atoms with Crippen LogP contribution in [0.4, 0.5) is 0 Å². The van der Waals surface area contributed by atoms with Crippen molar-refractivity contribution in [2.45, 2.75) is 53.2 Å². The maximum absolute atomic E-state index is 5.86. The molecular weight excluding hydrogens is 250 g/mol. The van der Waals surface area contributed by atoms with Gasteiger partial charge in [0.1, 0.15) is 0 Å². The van der Waals surface area contributed by atoms with Crippen molar-refractivity contribution >= 4 is 0 Å². The van der Waals surface area contributed by atoms with Gasteiger partial charge in [0.25, 0.3) is 0 Å². The van der Waals surface area contributed by atoms with Crippen LogP contribution >= 0.6 is 0 Å². The van der Waals surface area contributed by atoms with Crippen LogP contribution in [0, 0.1) is 11.3 Å². The van der Waals surface area contributed by atoms with Gasteiger partial charge >= 0.3 is 0 Å². The standard InChI is InChI=1S/C16H29N3O/c1-5-19-11-15(10-18-19)8-16(6-7-20-14(16)4)12-17-9-13(2)3/h10-11,13-14,17H,5-9,12H2,1-4H3. The van der Waals surface area contributed by atoms with E-state index in [-0.39, 0.29) is 5.41 Å². The van der Waals surface area contributed by atoms with E-state index in [0.29, 0.717) is 12.0 Å². The smallest absolute Gasteiger partial charge is 0.0619 e. The van der Waals surface area contributed by atoms with Gasteiger partial charge in [0.05, 0.1) is 12.3 Å². The first-order valence-corrected chi connectivity index (χ1v) is 7.89. The van der Waals surface area contributed by atoms with Crippen molar-refractivity contribution in [1.29, 1.82) is 0 Å². The van der Waals surface area contributed by atoms with Crippen molar-refractivity contribution in [1.82, 2.24) is 15.1 Å². The van der Waals surface area contributed by atoms with Crippen molar-refractivity contribution < 1.29 is 4.74 Å². The molecule has 0 saturated carbocycles. The van der Waals surface area contributed by atoms with Crippen LogP contribution in [0.15, 0.2) is 12.4 Å². The number of aromatic nitrogens is 2. The Morgan fingerprint density at radius 1 is 1.55 bits per heavy atom. The quantitative estimate of drug-likeness (QED) is 0.833. The summed E-state index contributed by atoms with van der Waals surface area (Å²) >= 11 is 0. The Bertz CT molecular complexity index is 416. The zero-order valence-electron chi connectivity index (χ0n) is 13.4. The normalized spacial score (nSPS) is 26.6. The van der Waals surface area contributed by atoms with Crippen LogP contribution in [-0.2, 0) is 17.7 Å². The second-order valence-corrected chi connectivity index (χ2v) is 6.53. The van der Waals surface area contributed by atoms with Crippen LogP contribution in [0.5, 0.6) is 0 Å². The first-order chi connectivity index (χ1) is 9.55. The molecule has 0 amide bonds. The fraction of sp³-hybridized carbons (Fsp3) is 0.812. The summed E-state index contributed by atoms with van der Waals surface area (Å²) in [6.07, 6.45) is 6.69. The third-order valence-electron chi connectivity index (χ3n) is 4.43. The zero-order chi connectivity index (χ0) is 14.6. The van der Waals surface area contributed by atoms with Crippen molar-refractivity contribution in [3.63, 3.8) is 0 Å². The van der Waals surface area contributed by atoms with E-state index in [9.17, 15) is 0 Å². The molecule has 20 heavy (non-hydrogen) atoms. The fourth-order valence-electron chi connectivity index (χ4n) is 3.03. The molecule has 0 aromatic carbocycles. The van der Waals surface area contributed by atoms with E-state index in [1.165, 1.54) is 5.56 Å². The largest absolute Gasteiger partial charge is 0.378 e. The Labute approximate surface area is 122 Å². The summed E-state index contributed by atoms with van der Waals surface area (Å²) in [6, 6.07) is 0. The topological polar surface area (TPSA) is 39.1 Å². The van der Waals surface area contributed by atoms with Gasteiger partial charge in [-0.2, -0.15) is 5.10 Å². The molecule has 0 aliphatic carbocycles. The van der Waals surface area contributed by atoms with E-state index >= 15 is 0 Å². The first-order valence-electron chi connectivity index (χ1n) is 7.89. The Hall–Kier alpha value is -0.870. The molecule has 2 heterocycles. The van der Waals surface area contributed by atoms with Gasteiger partial charge in [-0.25, -0.2) is 0 Å². The minimum absolute atomic E-state index is 0.219. The van der Waals surface area contributed by atoms with E-state index in [1.54, 1.807) is 0 Å². The van der Waals surface area contributed by atoms with E-state index < -0.39 is 0 Å². The third kappa shape index (κ3) is 3.61. The molecule has 0 bridgehead atoms. The number of rotatable bonds is 7. The summed E-state index contributed by atoms with van der Waals surface area (Å²) in [6.45, 7) is 12.8. The van der Waals surface area contributed by atoms with Crippen LogP contribution in [0.2, 0.25) is 0 Å². The molecule has 1 aliphatic heterocycles. The van der Waals surface area contributed by atoms with E-state index in [2.05, 4.69) is 44.3 Å². The molecule has 0 spiro atoms. The SMILES string of the molecule is CCn1cc(CC2(CNCC(C)C)CCOC2C)cn1. The highest BCUT2D eigenvalue weighted by Gasteiger charge is 2.41. The number of hydrogen-bond acceptors (Lipinski definition) is 3. The van der Waals surface area contributed by atoms with Gasteiger partial charge < -0.3 is 10.1 Å². The molecule has 2 atom stereocenters. The predicted molar refractivity (Wildman–Crippen MR) is 81.8 cm³/mol. The Morgan fingerprint density at radius 3 is 2.90 bits per heavy atom. The number of hydrogen-bond donors (Lipinski definition) is 1. The van der Waals surface area contributed by atoms with Crippen molar-refractivity contribution in [3.8, 4) is 0 Å². The highest BCUT2D eigenvalue weighted by molar-refractivity contribution is 5.10. The number of ether oxygens (including phenoxy) is 1. The highest BCUT2D eigenvalue weighted by atomic mass is 16.5. The van der Waals surface area contributed by atoms with Gasteiger partial charge in [0, 0.05) is 31.3 Å². The highest BCUT2D eigenvalue weighted by Crippen LogP contribution is 2.37. The number of aryl methyl sites for hydroxylation is 1. The van der Waals surface area contributed by atoms with Gasteiger partial charge in [-0.05, 0) is 44.7 Å². The molecule has 1 saturated heterocycles. The van der Waals surface area contributed by atoms with Gasteiger partial charge in [-0.3, -0.25) is 4.68 Å². The minimum Gasteiger partial charge on any atom is -0.378 e. The second kappa shape index (κ2) is 6.72. The maximum Gasteiger partial charge on any atom is 0.0619 e. The summed E-state index contributed by atoms with van der Waals surface area (Å²) in [5.41, 5.74) is 1.55. The van der Waals surface area contributed by atoms with Gasteiger partial charge in [0.2, 0.25) is 0 Å². The molecule has 4 heteroatoms. The zero-order valence-corrected chi connectivity index (χ0v) is 13.4. The molecule has 2 rings (SSSR count). The Balaban J connectivity index is 2.03. The molecule has 114 valence electrons. The molecule has 1 aliphatic rings. The molecule has 1 N–H and O–H groups in total. The number of nitrogens with zero attached hydrogens (tertiary/aromatic N) is 2. The summed E-state index contributed by atoms with van der Waals surface area (Å²) < 4.78 is 7.87. The molecule has 4 nitrogen and oxygen atoms in total. The monoisotopic (exact) mass is 279 g/mol. The van der Waals surface area contributed by atoms with Gasteiger partial charge in [0.15, 0.2) is 0 Å². The van der Waals surface area contributed by atoms with Gasteiger partial charge in [-0.15, -0.1) is 0 Å². The molecular formula is C16H29N3O. The minimum atomic E-state index is 0.219. The summed E-state index contributed by atoms with van der Waals surface area (Å²) in [5.74, 6) is 0.688. The first kappa shape index (κ1) is 15.5. The van der Waals surface area contributed by atoms with Crippen LogP contribution in [0.1, 0.15) is 39.7 Å². The lowest BCUT2D eigenvalue weighted by Crippen LogP contribution is -2.42. The van der Waals surface area contributed by atoms with E-state index in [1.807, 2.05) is 10.9 Å².